The lowest BCUT2D eigenvalue weighted by Crippen LogP contribution is -2.42. The Morgan fingerprint density at radius 1 is 1.24 bits per heavy atom. The molecular weight excluding hydrogens is 365 g/mol. The van der Waals surface area contributed by atoms with Gasteiger partial charge >= 0.3 is 0 Å². The van der Waals surface area contributed by atoms with Crippen LogP contribution in [0.5, 0.6) is 5.75 Å². The Labute approximate surface area is 154 Å². The largest absolute Gasteiger partial charge is 0.490 e. The average molecular weight is 380 g/mol. The monoisotopic (exact) mass is 379 g/mol. The molecule has 3 rings (SSSR count). The first kappa shape index (κ1) is 17.7. The summed E-state index contributed by atoms with van der Waals surface area (Å²) in [5, 5.41) is 13.4. The summed E-state index contributed by atoms with van der Waals surface area (Å²) >= 11 is 12.0. The molecular formula is C18H15Cl2NO4. The lowest BCUT2D eigenvalue weighted by molar-refractivity contribution is 0.0501. The zero-order valence-electron chi connectivity index (χ0n) is 13.3. The van der Waals surface area contributed by atoms with Gasteiger partial charge in [-0.2, -0.15) is 0 Å². The van der Waals surface area contributed by atoms with Gasteiger partial charge in [0.15, 0.2) is 5.78 Å². The Kier molecular flexibility index (Phi) is 4.99. The van der Waals surface area contributed by atoms with Crippen LogP contribution in [0.15, 0.2) is 36.4 Å². The van der Waals surface area contributed by atoms with Gasteiger partial charge in [-0.1, -0.05) is 29.3 Å². The van der Waals surface area contributed by atoms with Gasteiger partial charge in [0.05, 0.1) is 21.7 Å². The van der Waals surface area contributed by atoms with E-state index in [0.717, 1.165) is 0 Å². The fourth-order valence-electron chi connectivity index (χ4n) is 2.69. The predicted octanol–water partition coefficient (Wildman–Crippen LogP) is 3.42. The summed E-state index contributed by atoms with van der Waals surface area (Å²) in [5.41, 5.74) is 1.21. The van der Waals surface area contributed by atoms with Crippen LogP contribution in [0.25, 0.3) is 0 Å². The molecule has 0 unspecified atom stereocenters. The van der Waals surface area contributed by atoms with Crippen LogP contribution in [0, 0.1) is 0 Å². The molecule has 1 aliphatic rings. The number of halogens is 2. The zero-order valence-corrected chi connectivity index (χ0v) is 14.8. The number of amides is 1. The Morgan fingerprint density at radius 3 is 2.72 bits per heavy atom. The van der Waals surface area contributed by atoms with Crippen LogP contribution in [-0.2, 0) is 0 Å². The number of rotatable bonds is 3. The highest BCUT2D eigenvalue weighted by Gasteiger charge is 2.32. The van der Waals surface area contributed by atoms with Crippen LogP contribution < -0.4 is 10.1 Å². The molecule has 2 aromatic rings. The normalized spacial score (nSPS) is 18.9. The number of hydrogen-bond acceptors (Lipinski definition) is 4. The number of hydrogen-bond donors (Lipinski definition) is 2. The van der Waals surface area contributed by atoms with Crippen molar-refractivity contribution in [2.24, 2.45) is 0 Å². The smallest absolute Gasteiger partial charge is 0.253 e. The lowest BCUT2D eigenvalue weighted by atomic mass is 9.95. The van der Waals surface area contributed by atoms with Gasteiger partial charge in [0, 0.05) is 11.1 Å². The lowest BCUT2D eigenvalue weighted by Gasteiger charge is -2.31. The fourth-order valence-corrected chi connectivity index (χ4v) is 3.08. The molecule has 2 aromatic carbocycles. The van der Waals surface area contributed by atoms with Crippen LogP contribution >= 0.6 is 23.2 Å². The van der Waals surface area contributed by atoms with Gasteiger partial charge in [-0.15, -0.1) is 0 Å². The molecule has 1 amide bonds. The summed E-state index contributed by atoms with van der Waals surface area (Å²) in [6.07, 6.45) is -0.961. The van der Waals surface area contributed by atoms with Crippen molar-refractivity contribution in [3.63, 3.8) is 0 Å². The van der Waals surface area contributed by atoms with E-state index in [1.807, 2.05) is 0 Å². The number of fused-ring (bicyclic) bond motifs is 1. The van der Waals surface area contributed by atoms with E-state index >= 15 is 0 Å². The summed E-state index contributed by atoms with van der Waals surface area (Å²) in [6, 6.07) is 8.93. The topological polar surface area (TPSA) is 75.6 Å². The van der Waals surface area contributed by atoms with E-state index in [4.69, 9.17) is 27.9 Å². The van der Waals surface area contributed by atoms with Gasteiger partial charge in [-0.25, -0.2) is 0 Å². The third-order valence-electron chi connectivity index (χ3n) is 4.03. The number of aliphatic hydroxyl groups excluding tert-OH is 1. The zero-order chi connectivity index (χ0) is 18.1. The van der Waals surface area contributed by atoms with E-state index in [1.54, 1.807) is 36.4 Å². The van der Waals surface area contributed by atoms with Crippen molar-refractivity contribution >= 4 is 34.9 Å². The Morgan fingerprint density at radius 2 is 2.00 bits per heavy atom. The molecule has 5 nitrogen and oxygen atoms in total. The summed E-state index contributed by atoms with van der Waals surface area (Å²) < 4.78 is 5.47. The van der Waals surface area contributed by atoms with Crippen LogP contribution in [0.4, 0.5) is 0 Å². The number of benzene rings is 2. The van der Waals surface area contributed by atoms with Gasteiger partial charge in [0.1, 0.15) is 18.5 Å². The van der Waals surface area contributed by atoms with Crippen molar-refractivity contribution in [2.75, 3.05) is 6.61 Å². The Balaban J connectivity index is 1.95. The quantitative estimate of drug-likeness (QED) is 0.801. The molecule has 0 radical (unpaired) electrons. The number of Topliss-reactive ketones (excluding diaryl/α,β-unsaturated/α-hetero) is 1. The highest BCUT2D eigenvalue weighted by atomic mass is 35.5. The highest BCUT2D eigenvalue weighted by molar-refractivity contribution is 6.43. The van der Waals surface area contributed by atoms with E-state index in [2.05, 4.69) is 5.32 Å². The Bertz CT molecular complexity index is 853. The van der Waals surface area contributed by atoms with Crippen LogP contribution in [0.3, 0.4) is 0 Å². The molecule has 7 heteroatoms. The molecule has 0 spiro atoms. The first-order valence-electron chi connectivity index (χ1n) is 7.59. The number of carbonyl (C=O) groups excluding carboxylic acids is 2. The first-order chi connectivity index (χ1) is 11.9. The van der Waals surface area contributed by atoms with Crippen LogP contribution in [0.1, 0.15) is 39.2 Å². The fraction of sp³-hybridized carbons (Fsp3) is 0.222. The van der Waals surface area contributed by atoms with Crippen LogP contribution in [0.2, 0.25) is 10.0 Å². The van der Waals surface area contributed by atoms with Crippen molar-refractivity contribution in [2.45, 2.75) is 19.1 Å². The summed E-state index contributed by atoms with van der Waals surface area (Å²) in [7, 11) is 0. The second-order valence-electron chi connectivity index (χ2n) is 5.74. The molecule has 2 N–H and O–H groups in total. The summed E-state index contributed by atoms with van der Waals surface area (Å²) in [5.74, 6) is -0.0822. The Hall–Kier alpha value is -2.08. The number of ether oxygens (including phenoxy) is 1. The van der Waals surface area contributed by atoms with Crippen molar-refractivity contribution < 1.29 is 19.4 Å². The minimum Gasteiger partial charge on any atom is -0.490 e. The van der Waals surface area contributed by atoms with Gasteiger partial charge in [-0.3, -0.25) is 9.59 Å². The second kappa shape index (κ2) is 7.04. The van der Waals surface area contributed by atoms with E-state index < -0.39 is 18.1 Å². The molecule has 25 heavy (non-hydrogen) atoms. The molecule has 0 saturated carbocycles. The average Bonchev–Trinajstić information content (AvgIpc) is 2.59. The first-order valence-corrected chi connectivity index (χ1v) is 8.34. The summed E-state index contributed by atoms with van der Waals surface area (Å²) in [4.78, 5) is 24.2. The maximum Gasteiger partial charge on any atom is 0.253 e. The number of carbonyl (C=O) groups is 2. The van der Waals surface area contributed by atoms with Crippen molar-refractivity contribution in [1.29, 1.82) is 0 Å². The van der Waals surface area contributed by atoms with Crippen molar-refractivity contribution in [3.05, 3.63) is 63.1 Å². The van der Waals surface area contributed by atoms with Gasteiger partial charge in [0.25, 0.3) is 5.91 Å². The maximum atomic E-state index is 12.6. The SMILES string of the molecule is CC(=O)c1ccc2c(c1)[C@H](NC(=O)c1cccc(Cl)c1Cl)[C@H](O)CO2. The second-order valence-corrected chi connectivity index (χ2v) is 6.52. The van der Waals surface area contributed by atoms with Gasteiger partial charge in [-0.05, 0) is 37.3 Å². The molecule has 0 saturated heterocycles. The molecule has 1 heterocycles. The van der Waals surface area contributed by atoms with Crippen molar-refractivity contribution in [1.82, 2.24) is 5.32 Å². The third kappa shape index (κ3) is 3.49. The minimum absolute atomic E-state index is 0.0284. The van der Waals surface area contributed by atoms with Crippen molar-refractivity contribution in [3.8, 4) is 5.75 Å². The van der Waals surface area contributed by atoms with Crippen LogP contribution in [-0.4, -0.2) is 29.5 Å². The summed E-state index contributed by atoms with van der Waals surface area (Å²) in [6.45, 7) is 1.47. The van der Waals surface area contributed by atoms with Gasteiger partial charge in [0.2, 0.25) is 0 Å². The van der Waals surface area contributed by atoms with E-state index in [1.165, 1.54) is 6.92 Å². The van der Waals surface area contributed by atoms with E-state index in [0.29, 0.717) is 16.9 Å². The molecule has 2 atom stereocenters. The predicted molar refractivity (Wildman–Crippen MR) is 94.6 cm³/mol. The maximum absolute atomic E-state index is 12.6. The highest BCUT2D eigenvalue weighted by Crippen LogP contribution is 2.34. The minimum atomic E-state index is -0.961. The molecule has 0 aromatic heterocycles. The van der Waals surface area contributed by atoms with E-state index in [-0.39, 0.29) is 28.0 Å². The molecule has 0 fully saturated rings. The number of aliphatic hydroxyl groups is 1. The molecule has 1 aliphatic heterocycles. The molecule has 0 aliphatic carbocycles. The van der Waals surface area contributed by atoms with Gasteiger partial charge < -0.3 is 15.2 Å². The molecule has 0 bridgehead atoms. The number of nitrogens with one attached hydrogen (secondary N) is 1. The third-order valence-corrected chi connectivity index (χ3v) is 4.85. The molecule has 130 valence electrons. The number of ketones is 1. The van der Waals surface area contributed by atoms with E-state index in [9.17, 15) is 14.7 Å². The standard InChI is InChI=1S/C18H15Cl2NO4/c1-9(22)10-5-6-15-12(7-10)17(14(23)8-25-15)21-18(24)11-3-2-4-13(19)16(11)20/h2-7,14,17,23H,8H2,1H3,(H,21,24)/t14-,17+/m1/s1.